The quantitative estimate of drug-likeness (QED) is 0.502. The summed E-state index contributed by atoms with van der Waals surface area (Å²) in [6.45, 7) is 3.20. The average Bonchev–Trinajstić information content (AvgIpc) is 2.60. The maximum Gasteiger partial charge on any atom is 0.178 e. The predicted molar refractivity (Wildman–Crippen MR) is 90.7 cm³/mol. The minimum atomic E-state index is -1.41. The van der Waals surface area contributed by atoms with Gasteiger partial charge in [0.05, 0.1) is 6.61 Å². The largest absolute Gasteiger partial charge is 0.394 e. The summed E-state index contributed by atoms with van der Waals surface area (Å²) >= 11 is 0. The van der Waals surface area contributed by atoms with Crippen LogP contribution >= 0.6 is 0 Å². The number of ether oxygens (including phenoxy) is 1. The number of hydrogen-bond donors (Lipinski definition) is 5. The number of benzene rings is 1. The average molecular weight is 347 g/mol. The fourth-order valence-electron chi connectivity index (χ4n) is 3.22. The van der Waals surface area contributed by atoms with E-state index in [4.69, 9.17) is 9.84 Å². The van der Waals surface area contributed by atoms with Gasteiger partial charge in [-0.1, -0.05) is 18.7 Å². The summed E-state index contributed by atoms with van der Waals surface area (Å²) in [5.41, 5.74) is 3.03. The van der Waals surface area contributed by atoms with Crippen LogP contribution in [0.2, 0.25) is 0 Å². The molecule has 3 rings (SSSR count). The molecule has 0 radical (unpaired) electrons. The predicted octanol–water partition coefficient (Wildman–Crippen LogP) is -0.407. The Balaban J connectivity index is 1.82. The van der Waals surface area contributed by atoms with Crippen LogP contribution in [0.4, 0.5) is 5.69 Å². The van der Waals surface area contributed by atoms with E-state index in [1.54, 1.807) is 24.3 Å². The summed E-state index contributed by atoms with van der Waals surface area (Å²) in [6, 6.07) is 4.35. The lowest BCUT2D eigenvalue weighted by Gasteiger charge is -2.40. The lowest BCUT2D eigenvalue weighted by atomic mass is 9.89. The first kappa shape index (κ1) is 17.8. The zero-order valence-corrected chi connectivity index (χ0v) is 13.5. The van der Waals surface area contributed by atoms with Gasteiger partial charge in [0, 0.05) is 12.1 Å². The molecule has 7 nitrogen and oxygen atoms in total. The molecule has 5 N–H and O–H groups in total. The number of carbonyl (C=O) groups excluding carboxylic acids is 1. The summed E-state index contributed by atoms with van der Waals surface area (Å²) in [7, 11) is 0. The minimum absolute atomic E-state index is 0.0261. The van der Waals surface area contributed by atoms with Gasteiger partial charge >= 0.3 is 0 Å². The van der Waals surface area contributed by atoms with Crippen molar-refractivity contribution in [2.24, 2.45) is 0 Å². The van der Waals surface area contributed by atoms with E-state index in [1.807, 2.05) is 6.07 Å². The van der Waals surface area contributed by atoms with E-state index in [0.717, 1.165) is 16.7 Å². The number of nitrogens with one attached hydrogen (secondary N) is 1. The minimum Gasteiger partial charge on any atom is -0.394 e. The second kappa shape index (κ2) is 7.07. The molecule has 1 aromatic carbocycles. The van der Waals surface area contributed by atoms with E-state index in [0.29, 0.717) is 5.69 Å². The van der Waals surface area contributed by atoms with Gasteiger partial charge in [-0.2, -0.15) is 0 Å². The van der Waals surface area contributed by atoms with E-state index in [9.17, 15) is 20.1 Å². The molecule has 1 heterocycles. The third-order valence-electron chi connectivity index (χ3n) is 4.55. The van der Waals surface area contributed by atoms with Gasteiger partial charge in [-0.25, -0.2) is 0 Å². The Labute approximate surface area is 144 Å². The van der Waals surface area contributed by atoms with Crippen LogP contribution in [0.5, 0.6) is 0 Å². The van der Waals surface area contributed by atoms with Gasteiger partial charge < -0.3 is 30.5 Å². The van der Waals surface area contributed by atoms with Crippen LogP contribution in [0, 0.1) is 0 Å². The highest BCUT2D eigenvalue weighted by atomic mass is 16.6. The number of aliphatic hydroxyl groups excluding tert-OH is 4. The Morgan fingerprint density at radius 3 is 2.72 bits per heavy atom. The molecule has 5 atom stereocenters. The van der Waals surface area contributed by atoms with Gasteiger partial charge in [-0.3, -0.25) is 4.79 Å². The number of carbonyl (C=O) groups is 1. The van der Waals surface area contributed by atoms with E-state index in [1.165, 1.54) is 0 Å². The Morgan fingerprint density at radius 2 is 2.04 bits per heavy atom. The van der Waals surface area contributed by atoms with E-state index >= 15 is 0 Å². The van der Waals surface area contributed by atoms with Crippen molar-refractivity contribution in [2.45, 2.75) is 37.1 Å². The maximum absolute atomic E-state index is 11.8. The Bertz CT molecular complexity index is 716. The van der Waals surface area contributed by atoms with Crippen molar-refractivity contribution in [3.8, 4) is 0 Å². The lowest BCUT2D eigenvalue weighted by molar-refractivity contribution is -0.245. The number of fused-ring (bicyclic) bond motifs is 1. The SMILES string of the molecule is C=CC1=CC(=O)Cc2cc(NC3[C@@H](O)OC(CO)[C@H](O)[C@H]3O)ccc21. The number of aliphatic hydroxyl groups is 4. The summed E-state index contributed by atoms with van der Waals surface area (Å²) in [5.74, 6) is -0.0261. The van der Waals surface area contributed by atoms with Crippen molar-refractivity contribution in [1.29, 1.82) is 0 Å². The summed E-state index contributed by atoms with van der Waals surface area (Å²) in [4.78, 5) is 11.8. The van der Waals surface area contributed by atoms with Crippen LogP contribution in [0.3, 0.4) is 0 Å². The standard InChI is InChI=1S/C18H21NO6/c1-2-9-6-12(21)7-10-5-11(3-4-13(9)10)19-15-17(23)16(22)14(8-20)25-18(15)24/h2-6,14-20,22-24H,1,7-8H2/t14?,15?,16-,17-,18-/m0/s1. The Hall–Kier alpha value is -2.03. The highest BCUT2D eigenvalue weighted by molar-refractivity contribution is 6.04. The second-order valence-electron chi connectivity index (χ2n) is 6.22. The molecule has 2 aliphatic rings. The van der Waals surface area contributed by atoms with Crippen molar-refractivity contribution in [3.05, 3.63) is 48.1 Å². The third-order valence-corrected chi connectivity index (χ3v) is 4.55. The maximum atomic E-state index is 11.8. The van der Waals surface area contributed by atoms with Gasteiger partial charge in [-0.15, -0.1) is 0 Å². The molecule has 1 aliphatic heterocycles. The monoisotopic (exact) mass is 347 g/mol. The molecule has 1 saturated heterocycles. The van der Waals surface area contributed by atoms with Gasteiger partial charge in [0.15, 0.2) is 12.1 Å². The molecule has 1 aliphatic carbocycles. The molecule has 7 heteroatoms. The van der Waals surface area contributed by atoms with Crippen LogP contribution in [0.25, 0.3) is 5.57 Å². The van der Waals surface area contributed by atoms with Gasteiger partial charge in [0.25, 0.3) is 0 Å². The summed E-state index contributed by atoms with van der Waals surface area (Å²) in [6.07, 6.45) is -1.69. The van der Waals surface area contributed by atoms with E-state index < -0.39 is 37.3 Å². The van der Waals surface area contributed by atoms with Crippen LogP contribution in [0.1, 0.15) is 11.1 Å². The number of anilines is 1. The van der Waals surface area contributed by atoms with E-state index in [-0.39, 0.29) is 12.2 Å². The molecule has 0 amide bonds. The smallest absolute Gasteiger partial charge is 0.178 e. The van der Waals surface area contributed by atoms with Gasteiger partial charge in [0.2, 0.25) is 0 Å². The summed E-state index contributed by atoms with van der Waals surface area (Å²) in [5, 5.41) is 42.2. The first-order valence-corrected chi connectivity index (χ1v) is 8.02. The fourth-order valence-corrected chi connectivity index (χ4v) is 3.22. The number of allylic oxidation sites excluding steroid dienone is 3. The van der Waals surface area contributed by atoms with E-state index in [2.05, 4.69) is 11.9 Å². The molecule has 0 saturated carbocycles. The molecule has 1 fully saturated rings. The van der Waals surface area contributed by atoms with Gasteiger partial charge in [-0.05, 0) is 34.9 Å². The normalized spacial score (nSPS) is 31.9. The molecule has 1 aromatic rings. The summed E-state index contributed by atoms with van der Waals surface area (Å²) < 4.78 is 5.12. The van der Waals surface area contributed by atoms with Crippen LogP contribution in [0.15, 0.2) is 36.9 Å². The molecular formula is C18H21NO6. The lowest BCUT2D eigenvalue weighted by Crippen LogP contribution is -2.61. The number of ketones is 1. The molecule has 0 aromatic heterocycles. The van der Waals surface area contributed by atoms with Crippen molar-refractivity contribution >= 4 is 17.0 Å². The zero-order valence-electron chi connectivity index (χ0n) is 13.5. The van der Waals surface area contributed by atoms with Crippen LogP contribution in [-0.2, 0) is 16.0 Å². The molecular weight excluding hydrogens is 326 g/mol. The Kier molecular flexibility index (Phi) is 5.03. The second-order valence-corrected chi connectivity index (χ2v) is 6.22. The highest BCUT2D eigenvalue weighted by Crippen LogP contribution is 2.30. The van der Waals surface area contributed by atoms with Gasteiger partial charge in [0.1, 0.15) is 24.4 Å². The number of rotatable bonds is 4. The molecule has 134 valence electrons. The topological polar surface area (TPSA) is 119 Å². The van der Waals surface area contributed by atoms with Crippen molar-refractivity contribution in [1.82, 2.24) is 0 Å². The zero-order chi connectivity index (χ0) is 18.1. The van der Waals surface area contributed by atoms with Crippen molar-refractivity contribution < 1.29 is 30.0 Å². The number of hydrogen-bond acceptors (Lipinski definition) is 7. The molecule has 0 bridgehead atoms. The molecule has 25 heavy (non-hydrogen) atoms. The third kappa shape index (κ3) is 3.37. The highest BCUT2D eigenvalue weighted by Gasteiger charge is 2.43. The van der Waals surface area contributed by atoms with Crippen LogP contribution in [-0.4, -0.2) is 63.5 Å². The van der Waals surface area contributed by atoms with Crippen molar-refractivity contribution in [3.63, 3.8) is 0 Å². The van der Waals surface area contributed by atoms with Crippen molar-refractivity contribution in [2.75, 3.05) is 11.9 Å². The first-order valence-electron chi connectivity index (χ1n) is 8.02. The fraction of sp³-hybridized carbons (Fsp3) is 0.389. The first-order chi connectivity index (χ1) is 11.9. The molecule has 2 unspecified atom stereocenters. The van der Waals surface area contributed by atoms with Crippen LogP contribution < -0.4 is 5.32 Å². The molecule has 0 spiro atoms. The Morgan fingerprint density at radius 1 is 1.28 bits per heavy atom.